The van der Waals surface area contributed by atoms with Gasteiger partial charge in [0.15, 0.2) is 5.13 Å². The van der Waals surface area contributed by atoms with E-state index >= 15 is 0 Å². The number of thiazole rings is 1. The number of benzene rings is 1. The van der Waals surface area contributed by atoms with Crippen LogP contribution in [0.4, 0.5) is 5.13 Å². The Kier molecular flexibility index (Phi) is 4.87. The number of anilines is 1. The smallest absolute Gasteiger partial charge is 0.272 e. The fraction of sp³-hybridized carbons (Fsp3) is 0.476. The number of amides is 1. The first kappa shape index (κ1) is 18.9. The van der Waals surface area contributed by atoms with Crippen molar-refractivity contribution < 1.29 is 4.79 Å². The summed E-state index contributed by atoms with van der Waals surface area (Å²) in [7, 11) is 0. The summed E-state index contributed by atoms with van der Waals surface area (Å²) in [6, 6.07) is 6.46. The highest BCUT2D eigenvalue weighted by atomic mass is 32.1. The predicted molar refractivity (Wildman–Crippen MR) is 115 cm³/mol. The van der Waals surface area contributed by atoms with Crippen LogP contribution in [-0.2, 0) is 0 Å². The minimum atomic E-state index is 0.0738. The molecule has 4 rings (SSSR count). The van der Waals surface area contributed by atoms with Crippen molar-refractivity contribution in [2.45, 2.75) is 40.7 Å². The fourth-order valence-electron chi connectivity index (χ4n) is 3.83. The number of piperazine rings is 1. The zero-order valence-corrected chi connectivity index (χ0v) is 18.0. The highest BCUT2D eigenvalue weighted by molar-refractivity contribution is 7.22. The Labute approximate surface area is 169 Å². The summed E-state index contributed by atoms with van der Waals surface area (Å²) >= 11 is 1.75. The molecule has 7 heteroatoms. The summed E-state index contributed by atoms with van der Waals surface area (Å²) in [4.78, 5) is 22.1. The third kappa shape index (κ3) is 3.39. The van der Waals surface area contributed by atoms with Gasteiger partial charge < -0.3 is 9.80 Å². The van der Waals surface area contributed by atoms with Gasteiger partial charge in [0.05, 0.1) is 15.9 Å². The van der Waals surface area contributed by atoms with E-state index in [0.29, 0.717) is 18.8 Å². The molecule has 1 saturated heterocycles. The third-order valence-corrected chi connectivity index (χ3v) is 6.29. The number of aryl methyl sites for hydroxylation is 3. The summed E-state index contributed by atoms with van der Waals surface area (Å²) in [5.41, 5.74) is 5.17. The molecule has 1 aliphatic rings. The highest BCUT2D eigenvalue weighted by Crippen LogP contribution is 2.32. The topological polar surface area (TPSA) is 54.3 Å². The number of rotatable bonds is 3. The molecule has 3 aromatic rings. The van der Waals surface area contributed by atoms with Crippen molar-refractivity contribution in [2.75, 3.05) is 31.1 Å². The summed E-state index contributed by atoms with van der Waals surface area (Å²) in [6.07, 6.45) is 0. The lowest BCUT2D eigenvalue weighted by Gasteiger charge is -2.34. The zero-order chi connectivity index (χ0) is 20.0. The van der Waals surface area contributed by atoms with E-state index in [1.54, 1.807) is 11.3 Å². The number of aromatic nitrogens is 3. The van der Waals surface area contributed by atoms with Crippen LogP contribution in [0.3, 0.4) is 0 Å². The van der Waals surface area contributed by atoms with E-state index in [1.165, 1.54) is 15.8 Å². The monoisotopic (exact) mass is 397 g/mol. The predicted octanol–water partition coefficient (Wildman–Crippen LogP) is 3.96. The lowest BCUT2D eigenvalue weighted by atomic mass is 10.1. The van der Waals surface area contributed by atoms with Crippen LogP contribution in [0.15, 0.2) is 18.2 Å². The van der Waals surface area contributed by atoms with E-state index < -0.39 is 0 Å². The van der Waals surface area contributed by atoms with Gasteiger partial charge in [0.25, 0.3) is 5.91 Å². The molecule has 0 atom stereocenters. The average molecular weight is 398 g/mol. The van der Waals surface area contributed by atoms with Crippen LogP contribution in [0.5, 0.6) is 0 Å². The van der Waals surface area contributed by atoms with Crippen LogP contribution in [0.2, 0.25) is 0 Å². The summed E-state index contributed by atoms with van der Waals surface area (Å²) in [5, 5.41) is 5.53. The summed E-state index contributed by atoms with van der Waals surface area (Å²) in [6.45, 7) is 13.3. The molecule has 1 fully saturated rings. The molecular weight excluding hydrogens is 370 g/mol. The van der Waals surface area contributed by atoms with Gasteiger partial charge in [0.2, 0.25) is 0 Å². The molecule has 3 heterocycles. The van der Waals surface area contributed by atoms with E-state index in [4.69, 9.17) is 4.98 Å². The first-order valence-electron chi connectivity index (χ1n) is 9.81. The Morgan fingerprint density at radius 2 is 1.79 bits per heavy atom. The number of hydrogen-bond acceptors (Lipinski definition) is 5. The van der Waals surface area contributed by atoms with Gasteiger partial charge in [-0.2, -0.15) is 5.10 Å². The molecule has 148 valence electrons. The molecule has 1 aromatic carbocycles. The highest BCUT2D eigenvalue weighted by Gasteiger charge is 2.27. The van der Waals surface area contributed by atoms with Gasteiger partial charge in [-0.25, -0.2) is 4.98 Å². The molecule has 1 amide bonds. The maximum atomic E-state index is 13.0. The van der Waals surface area contributed by atoms with E-state index in [1.807, 2.05) is 22.6 Å². The second-order valence-electron chi connectivity index (χ2n) is 7.91. The summed E-state index contributed by atoms with van der Waals surface area (Å²) in [5.74, 6) is 0.0738. The molecule has 6 nitrogen and oxygen atoms in total. The van der Waals surface area contributed by atoms with Crippen LogP contribution >= 0.6 is 11.3 Å². The van der Waals surface area contributed by atoms with Crippen molar-refractivity contribution in [1.29, 1.82) is 0 Å². The van der Waals surface area contributed by atoms with Crippen molar-refractivity contribution in [3.63, 3.8) is 0 Å². The van der Waals surface area contributed by atoms with Crippen LogP contribution < -0.4 is 4.90 Å². The molecule has 0 radical (unpaired) electrons. The van der Waals surface area contributed by atoms with Gasteiger partial charge in [0.1, 0.15) is 5.69 Å². The van der Waals surface area contributed by atoms with E-state index in [9.17, 15) is 4.79 Å². The van der Waals surface area contributed by atoms with Crippen LogP contribution in [0, 0.1) is 20.8 Å². The van der Waals surface area contributed by atoms with Gasteiger partial charge in [-0.3, -0.25) is 9.48 Å². The second kappa shape index (κ2) is 7.20. The van der Waals surface area contributed by atoms with E-state index in [-0.39, 0.29) is 11.9 Å². The second-order valence-corrected chi connectivity index (χ2v) is 8.92. The minimum Gasteiger partial charge on any atom is -0.345 e. The maximum Gasteiger partial charge on any atom is 0.272 e. The standard InChI is InChI=1S/C21H27N5OS/c1-13(2)26-17(12-16(5)23-26)20(27)24-6-8-25(9-7-24)21-22-19-15(4)10-14(3)11-18(19)28-21/h10-13H,6-9H2,1-5H3. The van der Waals surface area contributed by atoms with Gasteiger partial charge >= 0.3 is 0 Å². The van der Waals surface area contributed by atoms with Gasteiger partial charge in [0, 0.05) is 32.2 Å². The lowest BCUT2D eigenvalue weighted by molar-refractivity contribution is 0.0732. The Morgan fingerprint density at radius 3 is 2.46 bits per heavy atom. The quantitative estimate of drug-likeness (QED) is 0.671. The molecule has 0 aliphatic carbocycles. The number of hydrogen-bond donors (Lipinski definition) is 0. The Bertz CT molecular complexity index is 1030. The van der Waals surface area contributed by atoms with Crippen LogP contribution in [0.25, 0.3) is 10.2 Å². The molecular formula is C21H27N5OS. The molecule has 0 saturated carbocycles. The van der Waals surface area contributed by atoms with E-state index in [2.05, 4.69) is 49.8 Å². The Balaban J connectivity index is 1.49. The molecule has 0 spiro atoms. The molecule has 0 bridgehead atoms. The normalized spacial score (nSPS) is 15.1. The van der Waals surface area contributed by atoms with Crippen molar-refractivity contribution in [3.05, 3.63) is 40.7 Å². The van der Waals surface area contributed by atoms with Crippen LogP contribution in [-0.4, -0.2) is 51.8 Å². The number of carbonyl (C=O) groups excluding carboxylic acids is 1. The fourth-order valence-corrected chi connectivity index (χ4v) is 5.02. The molecule has 2 aromatic heterocycles. The molecule has 28 heavy (non-hydrogen) atoms. The van der Waals surface area contributed by atoms with Crippen LogP contribution in [0.1, 0.15) is 47.2 Å². The average Bonchev–Trinajstić information content (AvgIpc) is 3.25. The third-order valence-electron chi connectivity index (χ3n) is 5.22. The number of carbonyl (C=O) groups is 1. The van der Waals surface area contributed by atoms with Crippen molar-refractivity contribution in [2.24, 2.45) is 0 Å². The zero-order valence-electron chi connectivity index (χ0n) is 17.2. The largest absolute Gasteiger partial charge is 0.345 e. The van der Waals surface area contributed by atoms with Crippen molar-refractivity contribution in [1.82, 2.24) is 19.7 Å². The molecule has 0 N–H and O–H groups in total. The first-order valence-corrected chi connectivity index (χ1v) is 10.6. The maximum absolute atomic E-state index is 13.0. The Hall–Kier alpha value is -2.41. The molecule has 0 unspecified atom stereocenters. The summed E-state index contributed by atoms with van der Waals surface area (Å²) < 4.78 is 3.07. The van der Waals surface area contributed by atoms with Crippen molar-refractivity contribution in [3.8, 4) is 0 Å². The van der Waals surface area contributed by atoms with E-state index in [0.717, 1.165) is 29.4 Å². The first-order chi connectivity index (χ1) is 13.3. The minimum absolute atomic E-state index is 0.0738. The molecule has 1 aliphatic heterocycles. The van der Waals surface area contributed by atoms with Gasteiger partial charge in [-0.1, -0.05) is 17.4 Å². The van der Waals surface area contributed by atoms with Gasteiger partial charge in [-0.05, 0) is 57.9 Å². The van der Waals surface area contributed by atoms with Gasteiger partial charge in [-0.15, -0.1) is 0 Å². The Morgan fingerprint density at radius 1 is 1.07 bits per heavy atom. The van der Waals surface area contributed by atoms with Crippen molar-refractivity contribution >= 4 is 32.6 Å². The lowest BCUT2D eigenvalue weighted by Crippen LogP contribution is -2.49. The number of fused-ring (bicyclic) bond motifs is 1. The number of nitrogens with zero attached hydrogens (tertiary/aromatic N) is 5. The SMILES string of the molecule is Cc1cc(C)c2nc(N3CCN(C(=O)c4cc(C)nn4C(C)C)CC3)sc2c1.